The van der Waals surface area contributed by atoms with E-state index in [-0.39, 0.29) is 5.41 Å². The Morgan fingerprint density at radius 2 is 2.17 bits per heavy atom. The molecule has 1 atom stereocenters. The third-order valence-electron chi connectivity index (χ3n) is 3.78. The molecule has 3 heteroatoms. The van der Waals surface area contributed by atoms with Crippen LogP contribution in [-0.2, 0) is 6.42 Å². The van der Waals surface area contributed by atoms with Crippen molar-refractivity contribution in [3.05, 3.63) is 29.0 Å². The van der Waals surface area contributed by atoms with Crippen LogP contribution in [0.4, 0.5) is 0 Å². The van der Waals surface area contributed by atoms with Gasteiger partial charge in [0.15, 0.2) is 0 Å². The summed E-state index contributed by atoms with van der Waals surface area (Å²) in [6, 6.07) is 2.81. The number of nitrogens with one attached hydrogen (secondary N) is 1. The van der Waals surface area contributed by atoms with Gasteiger partial charge in [0, 0.05) is 18.4 Å². The lowest BCUT2D eigenvalue weighted by Crippen LogP contribution is -2.34. The molecule has 0 bridgehead atoms. The maximum atomic E-state index is 6.21. The van der Waals surface area contributed by atoms with Crippen LogP contribution in [0.5, 0.6) is 0 Å². The molecule has 0 spiro atoms. The van der Waals surface area contributed by atoms with Crippen LogP contribution >= 0.6 is 11.6 Å². The van der Waals surface area contributed by atoms with Gasteiger partial charge in [-0.25, -0.2) is 0 Å². The summed E-state index contributed by atoms with van der Waals surface area (Å²) in [7, 11) is 0. The molecule has 1 fully saturated rings. The standard InChI is InChI=1S/C15H23ClN2/c1-15(2,3)12(9-18-13-4-5-13)8-11-6-7-17-10-14(11)16/h6-7,10,12-13,18H,4-5,8-9H2,1-3H3. The Kier molecular flexibility index (Phi) is 4.29. The summed E-state index contributed by atoms with van der Waals surface area (Å²) in [5.41, 5.74) is 1.50. The molecule has 100 valence electrons. The molecule has 1 aromatic heterocycles. The van der Waals surface area contributed by atoms with E-state index in [0.29, 0.717) is 5.92 Å². The quantitative estimate of drug-likeness (QED) is 0.879. The number of pyridine rings is 1. The van der Waals surface area contributed by atoms with Gasteiger partial charge in [0.25, 0.3) is 0 Å². The lowest BCUT2D eigenvalue weighted by Gasteiger charge is -2.31. The molecule has 1 heterocycles. The van der Waals surface area contributed by atoms with E-state index in [0.717, 1.165) is 24.0 Å². The van der Waals surface area contributed by atoms with Gasteiger partial charge in [-0.1, -0.05) is 32.4 Å². The van der Waals surface area contributed by atoms with Crippen LogP contribution in [0, 0.1) is 11.3 Å². The van der Waals surface area contributed by atoms with E-state index in [4.69, 9.17) is 11.6 Å². The summed E-state index contributed by atoms with van der Waals surface area (Å²) >= 11 is 6.21. The molecule has 18 heavy (non-hydrogen) atoms. The Hall–Kier alpha value is -0.600. The fourth-order valence-corrected chi connectivity index (χ4v) is 2.31. The summed E-state index contributed by atoms with van der Waals surface area (Å²) in [5, 5.41) is 4.43. The van der Waals surface area contributed by atoms with Gasteiger partial charge in [0.2, 0.25) is 0 Å². The van der Waals surface area contributed by atoms with E-state index >= 15 is 0 Å². The van der Waals surface area contributed by atoms with Crippen molar-refractivity contribution in [1.29, 1.82) is 0 Å². The molecule has 1 aliphatic rings. The molecule has 1 saturated carbocycles. The smallest absolute Gasteiger partial charge is 0.0621 e. The summed E-state index contributed by atoms with van der Waals surface area (Å²) < 4.78 is 0. The summed E-state index contributed by atoms with van der Waals surface area (Å²) in [5.74, 6) is 0.595. The molecule has 2 nitrogen and oxygen atoms in total. The Bertz CT molecular complexity index is 394. The lowest BCUT2D eigenvalue weighted by atomic mass is 9.77. The third kappa shape index (κ3) is 3.96. The maximum Gasteiger partial charge on any atom is 0.0621 e. The van der Waals surface area contributed by atoms with Crippen LogP contribution in [0.25, 0.3) is 0 Å². The zero-order valence-corrected chi connectivity index (χ0v) is 12.3. The molecular weight excluding hydrogens is 244 g/mol. The van der Waals surface area contributed by atoms with Crippen LogP contribution < -0.4 is 5.32 Å². The molecule has 1 N–H and O–H groups in total. The minimum atomic E-state index is 0.286. The van der Waals surface area contributed by atoms with Crippen LogP contribution in [0.1, 0.15) is 39.2 Å². The van der Waals surface area contributed by atoms with Crippen LogP contribution in [0.3, 0.4) is 0 Å². The van der Waals surface area contributed by atoms with Gasteiger partial charge >= 0.3 is 0 Å². The second-order valence-electron chi connectivity index (χ2n) is 6.42. The average molecular weight is 267 g/mol. The Labute approximate surface area is 115 Å². The fourth-order valence-electron chi connectivity index (χ4n) is 2.12. The van der Waals surface area contributed by atoms with Gasteiger partial charge in [-0.05, 0) is 48.8 Å². The predicted molar refractivity (Wildman–Crippen MR) is 76.9 cm³/mol. The number of rotatable bonds is 5. The van der Waals surface area contributed by atoms with Gasteiger partial charge < -0.3 is 5.32 Å². The van der Waals surface area contributed by atoms with E-state index in [9.17, 15) is 0 Å². The van der Waals surface area contributed by atoms with E-state index in [1.54, 1.807) is 6.20 Å². The van der Waals surface area contributed by atoms with Gasteiger partial charge in [-0.15, -0.1) is 0 Å². The average Bonchev–Trinajstić information content (AvgIpc) is 3.08. The van der Waals surface area contributed by atoms with E-state index in [1.165, 1.54) is 18.4 Å². The van der Waals surface area contributed by atoms with Crippen molar-refractivity contribution in [1.82, 2.24) is 10.3 Å². The third-order valence-corrected chi connectivity index (χ3v) is 4.12. The zero-order chi connectivity index (χ0) is 13.2. The first kappa shape index (κ1) is 13.8. The maximum absolute atomic E-state index is 6.21. The summed E-state index contributed by atoms with van der Waals surface area (Å²) in [6.45, 7) is 8.00. The topological polar surface area (TPSA) is 24.9 Å². The molecular formula is C15H23ClN2. The summed E-state index contributed by atoms with van der Waals surface area (Å²) in [4.78, 5) is 4.05. The van der Waals surface area contributed by atoms with Crippen molar-refractivity contribution in [3.8, 4) is 0 Å². The number of hydrogen-bond donors (Lipinski definition) is 1. The second-order valence-corrected chi connectivity index (χ2v) is 6.82. The molecule has 0 saturated heterocycles. The largest absolute Gasteiger partial charge is 0.314 e. The molecule has 0 aliphatic heterocycles. The van der Waals surface area contributed by atoms with Crippen molar-refractivity contribution >= 4 is 11.6 Å². The van der Waals surface area contributed by atoms with Crippen molar-refractivity contribution < 1.29 is 0 Å². The SMILES string of the molecule is CC(C)(C)C(CNC1CC1)Cc1ccncc1Cl. The highest BCUT2D eigenvalue weighted by Gasteiger charge is 2.28. The van der Waals surface area contributed by atoms with Gasteiger partial charge in [-0.3, -0.25) is 4.98 Å². The molecule has 1 aliphatic carbocycles. The van der Waals surface area contributed by atoms with Crippen molar-refractivity contribution in [2.24, 2.45) is 11.3 Å². The number of halogens is 1. The van der Waals surface area contributed by atoms with Crippen molar-refractivity contribution in [3.63, 3.8) is 0 Å². The van der Waals surface area contributed by atoms with Gasteiger partial charge in [-0.2, -0.15) is 0 Å². The Morgan fingerprint density at radius 3 is 2.72 bits per heavy atom. The first-order valence-corrected chi connectivity index (χ1v) is 7.16. The summed E-state index contributed by atoms with van der Waals surface area (Å²) in [6.07, 6.45) is 7.27. The van der Waals surface area contributed by atoms with Crippen LogP contribution in [0.2, 0.25) is 5.02 Å². The predicted octanol–water partition coefficient (Wildman–Crippen LogP) is 3.69. The molecule has 2 rings (SSSR count). The lowest BCUT2D eigenvalue weighted by molar-refractivity contribution is 0.230. The van der Waals surface area contributed by atoms with E-state index < -0.39 is 0 Å². The monoisotopic (exact) mass is 266 g/mol. The zero-order valence-electron chi connectivity index (χ0n) is 11.5. The Balaban J connectivity index is 2.01. The number of nitrogens with zero attached hydrogens (tertiary/aromatic N) is 1. The first-order chi connectivity index (χ1) is 8.47. The van der Waals surface area contributed by atoms with Crippen LogP contribution in [0.15, 0.2) is 18.5 Å². The molecule has 0 aromatic carbocycles. The van der Waals surface area contributed by atoms with E-state index in [1.807, 2.05) is 12.3 Å². The molecule has 0 amide bonds. The van der Waals surface area contributed by atoms with Gasteiger partial charge in [0.1, 0.15) is 0 Å². The minimum Gasteiger partial charge on any atom is -0.314 e. The normalized spacial score (nSPS) is 17.8. The van der Waals surface area contributed by atoms with Gasteiger partial charge in [0.05, 0.1) is 5.02 Å². The highest BCUT2D eigenvalue weighted by molar-refractivity contribution is 6.31. The fraction of sp³-hybridized carbons (Fsp3) is 0.667. The first-order valence-electron chi connectivity index (χ1n) is 6.78. The number of aromatic nitrogens is 1. The molecule has 1 aromatic rings. The highest BCUT2D eigenvalue weighted by atomic mass is 35.5. The Morgan fingerprint density at radius 1 is 1.44 bits per heavy atom. The number of hydrogen-bond acceptors (Lipinski definition) is 2. The molecule has 0 radical (unpaired) electrons. The minimum absolute atomic E-state index is 0.286. The van der Waals surface area contributed by atoms with E-state index in [2.05, 4.69) is 31.1 Å². The van der Waals surface area contributed by atoms with Crippen molar-refractivity contribution in [2.75, 3.05) is 6.54 Å². The highest BCUT2D eigenvalue weighted by Crippen LogP contribution is 2.31. The van der Waals surface area contributed by atoms with Crippen molar-refractivity contribution in [2.45, 2.75) is 46.1 Å². The second kappa shape index (κ2) is 5.58. The van der Waals surface area contributed by atoms with Crippen LogP contribution in [-0.4, -0.2) is 17.6 Å². The molecule has 1 unspecified atom stereocenters.